The van der Waals surface area contributed by atoms with Crippen LogP contribution in [-0.4, -0.2) is 66.3 Å². The second-order valence-electron chi connectivity index (χ2n) is 7.69. The van der Waals surface area contributed by atoms with E-state index in [0.29, 0.717) is 43.0 Å². The lowest BCUT2D eigenvalue weighted by atomic mass is 10.0. The van der Waals surface area contributed by atoms with Crippen LogP contribution in [0.3, 0.4) is 0 Å². The first-order valence-electron chi connectivity index (χ1n) is 10.3. The largest absolute Gasteiger partial charge is 0.352 e. The number of fused-ring (bicyclic) bond motifs is 1. The molecule has 1 saturated heterocycles. The maximum absolute atomic E-state index is 11.7. The monoisotopic (exact) mass is 437 g/mol. The Balaban J connectivity index is 1.49. The number of aryl methyl sites for hydroxylation is 1. The topological polar surface area (TPSA) is 108 Å². The van der Waals surface area contributed by atoms with Gasteiger partial charge in [0.15, 0.2) is 0 Å². The van der Waals surface area contributed by atoms with E-state index >= 15 is 0 Å². The Bertz CT molecular complexity index is 1430. The summed E-state index contributed by atoms with van der Waals surface area (Å²) in [5.74, 6) is 2.59. The molecule has 0 N–H and O–H groups in total. The molecule has 0 aliphatic carbocycles. The Hall–Kier alpha value is -4.70. The van der Waals surface area contributed by atoms with Crippen LogP contribution >= 0.6 is 0 Å². The van der Waals surface area contributed by atoms with Crippen molar-refractivity contribution < 1.29 is 4.79 Å². The SMILES string of the molecule is C#CC(=O)N1CCN(c2cnc(-c3cc(-c4cnn(C)c4)cn4ncc(C#N)c34)cn2)CC1. The summed E-state index contributed by atoms with van der Waals surface area (Å²) in [6.07, 6.45) is 15.7. The number of hydrogen-bond donors (Lipinski definition) is 0. The van der Waals surface area contributed by atoms with Gasteiger partial charge in [-0.3, -0.25) is 14.5 Å². The molecule has 0 spiro atoms. The summed E-state index contributed by atoms with van der Waals surface area (Å²) >= 11 is 0. The minimum Gasteiger partial charge on any atom is -0.352 e. The molecular formula is C23H19N9O. The van der Waals surface area contributed by atoms with E-state index in [1.165, 1.54) is 0 Å². The van der Waals surface area contributed by atoms with Crippen molar-refractivity contribution in [3.8, 4) is 40.8 Å². The fourth-order valence-corrected chi connectivity index (χ4v) is 3.98. The molecular weight excluding hydrogens is 418 g/mol. The molecule has 0 aromatic carbocycles. The quantitative estimate of drug-likeness (QED) is 0.445. The van der Waals surface area contributed by atoms with Crippen LogP contribution in [0.1, 0.15) is 5.56 Å². The zero-order valence-corrected chi connectivity index (χ0v) is 17.9. The molecule has 1 aliphatic rings. The van der Waals surface area contributed by atoms with Gasteiger partial charge in [-0.05, 0) is 12.0 Å². The Kier molecular flexibility index (Phi) is 4.96. The number of terminal acetylenes is 1. The van der Waals surface area contributed by atoms with Crippen molar-refractivity contribution in [3.05, 3.63) is 48.8 Å². The zero-order chi connectivity index (χ0) is 22.9. The highest BCUT2D eigenvalue weighted by Crippen LogP contribution is 2.31. The Labute approximate surface area is 189 Å². The van der Waals surface area contributed by atoms with E-state index in [9.17, 15) is 10.1 Å². The third-order valence-electron chi connectivity index (χ3n) is 5.70. The van der Waals surface area contributed by atoms with Gasteiger partial charge < -0.3 is 9.80 Å². The van der Waals surface area contributed by atoms with E-state index in [1.807, 2.05) is 25.5 Å². The van der Waals surface area contributed by atoms with Crippen molar-refractivity contribution >= 4 is 17.2 Å². The first kappa shape index (κ1) is 20.2. The Morgan fingerprint density at radius 1 is 1.03 bits per heavy atom. The van der Waals surface area contributed by atoms with Gasteiger partial charge in [-0.2, -0.15) is 15.5 Å². The average Bonchev–Trinajstić information content (AvgIpc) is 3.49. The second kappa shape index (κ2) is 8.09. The average molecular weight is 437 g/mol. The van der Waals surface area contributed by atoms with Crippen LogP contribution in [0.5, 0.6) is 0 Å². The van der Waals surface area contributed by atoms with Crippen molar-refractivity contribution in [2.24, 2.45) is 7.05 Å². The number of amides is 1. The number of piperazine rings is 1. The summed E-state index contributed by atoms with van der Waals surface area (Å²) in [5, 5.41) is 18.2. The van der Waals surface area contributed by atoms with Crippen LogP contribution in [0.4, 0.5) is 5.82 Å². The van der Waals surface area contributed by atoms with Crippen LogP contribution in [0.25, 0.3) is 27.9 Å². The van der Waals surface area contributed by atoms with Crippen molar-refractivity contribution in [2.75, 3.05) is 31.1 Å². The lowest BCUT2D eigenvalue weighted by Crippen LogP contribution is -2.48. The van der Waals surface area contributed by atoms with Gasteiger partial charge in [0, 0.05) is 62.3 Å². The molecule has 0 unspecified atom stereocenters. The van der Waals surface area contributed by atoms with Gasteiger partial charge in [-0.25, -0.2) is 9.50 Å². The summed E-state index contributed by atoms with van der Waals surface area (Å²) in [7, 11) is 1.86. The van der Waals surface area contributed by atoms with E-state index in [4.69, 9.17) is 6.42 Å². The molecule has 33 heavy (non-hydrogen) atoms. The fourth-order valence-electron chi connectivity index (χ4n) is 3.98. The van der Waals surface area contributed by atoms with Gasteiger partial charge >= 0.3 is 0 Å². The van der Waals surface area contributed by atoms with Crippen LogP contribution in [0.15, 0.2) is 43.2 Å². The summed E-state index contributed by atoms with van der Waals surface area (Å²) < 4.78 is 3.42. The number of carbonyl (C=O) groups is 1. The Morgan fingerprint density at radius 3 is 2.48 bits per heavy atom. The minimum atomic E-state index is -0.289. The number of aromatic nitrogens is 6. The van der Waals surface area contributed by atoms with Crippen LogP contribution in [0, 0.1) is 23.7 Å². The molecule has 5 rings (SSSR count). The van der Waals surface area contributed by atoms with Gasteiger partial charge in [0.2, 0.25) is 0 Å². The van der Waals surface area contributed by atoms with Gasteiger partial charge in [-0.1, -0.05) is 0 Å². The van der Waals surface area contributed by atoms with E-state index < -0.39 is 0 Å². The van der Waals surface area contributed by atoms with Crippen LogP contribution < -0.4 is 4.90 Å². The zero-order valence-electron chi connectivity index (χ0n) is 17.9. The van der Waals surface area contributed by atoms with Crippen molar-refractivity contribution in [3.63, 3.8) is 0 Å². The molecule has 10 heteroatoms. The highest BCUT2D eigenvalue weighted by molar-refractivity contribution is 5.93. The van der Waals surface area contributed by atoms with E-state index in [0.717, 1.165) is 22.5 Å². The maximum Gasteiger partial charge on any atom is 0.298 e. The molecule has 4 aromatic heterocycles. The standard InChI is InChI=1S/C23H19N9O/c1-3-22(33)31-6-4-30(5-7-31)21-13-25-20(12-26-21)19-8-16(18-11-27-29(2)14-18)15-32-23(19)17(9-24)10-28-32/h1,8,10-15H,4-7H2,2H3. The van der Waals surface area contributed by atoms with Crippen molar-refractivity contribution in [1.29, 1.82) is 5.26 Å². The summed E-state index contributed by atoms with van der Waals surface area (Å²) in [5.41, 5.74) is 4.36. The van der Waals surface area contributed by atoms with Crippen molar-refractivity contribution in [1.82, 2.24) is 34.3 Å². The first-order chi connectivity index (χ1) is 16.1. The lowest BCUT2D eigenvalue weighted by Gasteiger charge is -2.34. The molecule has 0 bridgehead atoms. The first-order valence-corrected chi connectivity index (χ1v) is 10.3. The third-order valence-corrected chi connectivity index (χ3v) is 5.70. The molecule has 0 atom stereocenters. The molecule has 1 aliphatic heterocycles. The normalized spacial score (nSPS) is 13.7. The van der Waals surface area contributed by atoms with Gasteiger partial charge in [0.05, 0.1) is 41.6 Å². The highest BCUT2D eigenvalue weighted by atomic mass is 16.2. The Morgan fingerprint density at radius 2 is 1.85 bits per heavy atom. The molecule has 5 heterocycles. The molecule has 10 nitrogen and oxygen atoms in total. The second-order valence-corrected chi connectivity index (χ2v) is 7.69. The van der Waals surface area contributed by atoms with Gasteiger partial charge in [-0.15, -0.1) is 6.42 Å². The van der Waals surface area contributed by atoms with Gasteiger partial charge in [0.25, 0.3) is 5.91 Å². The summed E-state index contributed by atoms with van der Waals surface area (Å²) in [4.78, 5) is 24.7. The smallest absolute Gasteiger partial charge is 0.298 e. The fraction of sp³-hybridized carbons (Fsp3) is 0.217. The predicted molar refractivity (Wildman–Crippen MR) is 121 cm³/mol. The molecule has 1 amide bonds. The summed E-state index contributed by atoms with van der Waals surface area (Å²) in [6, 6.07) is 4.18. The number of rotatable bonds is 3. The van der Waals surface area contributed by atoms with Crippen molar-refractivity contribution in [2.45, 2.75) is 0 Å². The summed E-state index contributed by atoms with van der Waals surface area (Å²) in [6.45, 7) is 2.34. The molecule has 1 fully saturated rings. The third kappa shape index (κ3) is 3.64. The number of anilines is 1. The van der Waals surface area contributed by atoms with Crippen LogP contribution in [0.2, 0.25) is 0 Å². The van der Waals surface area contributed by atoms with E-state index in [1.54, 1.807) is 38.9 Å². The minimum absolute atomic E-state index is 0.289. The number of carbonyl (C=O) groups excluding carboxylic acids is 1. The number of nitrogens with zero attached hydrogens (tertiary/aromatic N) is 9. The van der Waals surface area contributed by atoms with E-state index in [2.05, 4.69) is 37.1 Å². The lowest BCUT2D eigenvalue weighted by molar-refractivity contribution is -0.125. The number of nitriles is 1. The molecule has 4 aromatic rings. The molecule has 0 radical (unpaired) electrons. The number of hydrogen-bond acceptors (Lipinski definition) is 7. The van der Waals surface area contributed by atoms with Gasteiger partial charge in [0.1, 0.15) is 11.9 Å². The maximum atomic E-state index is 11.7. The highest BCUT2D eigenvalue weighted by Gasteiger charge is 2.21. The molecule has 162 valence electrons. The van der Waals surface area contributed by atoms with E-state index in [-0.39, 0.29) is 5.91 Å². The number of pyridine rings is 1. The van der Waals surface area contributed by atoms with Crippen LogP contribution in [-0.2, 0) is 11.8 Å². The predicted octanol–water partition coefficient (Wildman–Crippen LogP) is 1.35. The molecule has 0 saturated carbocycles.